The second kappa shape index (κ2) is 9.05. The molecule has 0 bridgehead atoms. The molecular formula is C22H24N4O3. The monoisotopic (exact) mass is 392 g/mol. The molecule has 29 heavy (non-hydrogen) atoms. The molecule has 0 aliphatic heterocycles. The number of anilines is 2. The second-order valence-corrected chi connectivity index (χ2v) is 6.55. The summed E-state index contributed by atoms with van der Waals surface area (Å²) >= 11 is 0. The minimum atomic E-state index is -0.280. The zero-order chi connectivity index (χ0) is 20.8. The van der Waals surface area contributed by atoms with Crippen molar-refractivity contribution in [1.29, 1.82) is 0 Å². The van der Waals surface area contributed by atoms with Gasteiger partial charge in [-0.3, -0.25) is 4.79 Å². The van der Waals surface area contributed by atoms with Gasteiger partial charge in [-0.15, -0.1) is 0 Å². The van der Waals surface area contributed by atoms with Gasteiger partial charge in [0.2, 0.25) is 0 Å². The quantitative estimate of drug-likeness (QED) is 0.636. The van der Waals surface area contributed by atoms with Gasteiger partial charge < -0.3 is 20.1 Å². The summed E-state index contributed by atoms with van der Waals surface area (Å²) in [5.41, 5.74) is 3.22. The first-order valence-corrected chi connectivity index (χ1v) is 9.17. The normalized spacial score (nSPS) is 10.3. The molecule has 0 radical (unpaired) electrons. The third-order valence-corrected chi connectivity index (χ3v) is 4.26. The molecule has 1 heterocycles. The Kier molecular flexibility index (Phi) is 6.29. The lowest BCUT2D eigenvalue weighted by atomic mass is 10.2. The molecule has 150 valence electrons. The zero-order valence-electron chi connectivity index (χ0n) is 16.9. The number of amides is 1. The van der Waals surface area contributed by atoms with Crippen molar-refractivity contribution in [3.63, 3.8) is 0 Å². The Morgan fingerprint density at radius 2 is 1.76 bits per heavy atom. The van der Waals surface area contributed by atoms with Gasteiger partial charge in [0.1, 0.15) is 17.3 Å². The maximum Gasteiger partial charge on any atom is 0.270 e. The average molecular weight is 392 g/mol. The van der Waals surface area contributed by atoms with Crippen LogP contribution in [0.4, 0.5) is 11.5 Å². The number of methoxy groups -OCH3 is 2. The Bertz CT molecular complexity index is 1020. The molecule has 0 spiro atoms. The van der Waals surface area contributed by atoms with E-state index in [4.69, 9.17) is 9.47 Å². The van der Waals surface area contributed by atoms with E-state index in [-0.39, 0.29) is 5.91 Å². The molecule has 7 heteroatoms. The van der Waals surface area contributed by atoms with E-state index in [2.05, 4.69) is 20.6 Å². The minimum Gasteiger partial charge on any atom is -0.493 e. The standard InChI is InChI=1S/C22H24N4O3/c1-14-6-5-7-17(10-14)26-21-12-18(24-15(2)25-21)22(27)23-13-16-8-9-19(28-3)20(11-16)29-4/h5-12H,13H2,1-4H3,(H,23,27)(H,24,25,26). The van der Waals surface area contributed by atoms with Crippen LogP contribution in [0.3, 0.4) is 0 Å². The highest BCUT2D eigenvalue weighted by molar-refractivity contribution is 5.93. The van der Waals surface area contributed by atoms with Crippen LogP contribution in [0.25, 0.3) is 0 Å². The number of ether oxygens (including phenoxy) is 2. The molecule has 0 fully saturated rings. The fraction of sp³-hybridized carbons (Fsp3) is 0.227. The Morgan fingerprint density at radius 3 is 2.48 bits per heavy atom. The molecule has 0 saturated carbocycles. The van der Waals surface area contributed by atoms with Crippen LogP contribution in [0.2, 0.25) is 0 Å². The van der Waals surface area contributed by atoms with E-state index in [1.54, 1.807) is 33.3 Å². The van der Waals surface area contributed by atoms with Crippen LogP contribution < -0.4 is 20.1 Å². The van der Waals surface area contributed by atoms with Crippen molar-refractivity contribution >= 4 is 17.4 Å². The van der Waals surface area contributed by atoms with Gasteiger partial charge in [0, 0.05) is 18.3 Å². The number of nitrogens with one attached hydrogen (secondary N) is 2. The number of nitrogens with zero attached hydrogens (tertiary/aromatic N) is 2. The van der Waals surface area contributed by atoms with E-state index in [1.807, 2.05) is 43.3 Å². The molecule has 0 unspecified atom stereocenters. The fourth-order valence-electron chi connectivity index (χ4n) is 2.88. The summed E-state index contributed by atoms with van der Waals surface area (Å²) < 4.78 is 10.5. The lowest BCUT2D eigenvalue weighted by molar-refractivity contribution is 0.0945. The van der Waals surface area contributed by atoms with Crippen LogP contribution in [0.5, 0.6) is 11.5 Å². The van der Waals surface area contributed by atoms with E-state index >= 15 is 0 Å². The molecule has 0 saturated heterocycles. The topological polar surface area (TPSA) is 85.4 Å². The number of aryl methyl sites for hydroxylation is 2. The maximum atomic E-state index is 12.6. The fourth-order valence-corrected chi connectivity index (χ4v) is 2.88. The van der Waals surface area contributed by atoms with Gasteiger partial charge in [-0.1, -0.05) is 18.2 Å². The Labute approximate surface area is 170 Å². The largest absolute Gasteiger partial charge is 0.493 e. The van der Waals surface area contributed by atoms with Gasteiger partial charge in [0.05, 0.1) is 14.2 Å². The minimum absolute atomic E-state index is 0.280. The lowest BCUT2D eigenvalue weighted by Crippen LogP contribution is -2.24. The van der Waals surface area contributed by atoms with E-state index < -0.39 is 0 Å². The molecular weight excluding hydrogens is 368 g/mol. The van der Waals surface area contributed by atoms with Crippen LogP contribution in [0, 0.1) is 13.8 Å². The number of carbonyl (C=O) groups is 1. The summed E-state index contributed by atoms with van der Waals surface area (Å²) in [5, 5.41) is 6.10. The first kappa shape index (κ1) is 20.1. The van der Waals surface area contributed by atoms with E-state index in [0.717, 1.165) is 16.8 Å². The van der Waals surface area contributed by atoms with Gasteiger partial charge in [-0.25, -0.2) is 9.97 Å². The third-order valence-electron chi connectivity index (χ3n) is 4.26. The summed E-state index contributed by atoms with van der Waals surface area (Å²) in [6.45, 7) is 4.11. The van der Waals surface area contributed by atoms with E-state index in [0.29, 0.717) is 35.4 Å². The van der Waals surface area contributed by atoms with Crippen LogP contribution >= 0.6 is 0 Å². The number of hydrogen-bond donors (Lipinski definition) is 2. The molecule has 3 aromatic rings. The summed E-state index contributed by atoms with van der Waals surface area (Å²) in [6.07, 6.45) is 0. The van der Waals surface area contributed by atoms with Crippen molar-refractivity contribution in [2.75, 3.05) is 19.5 Å². The number of rotatable bonds is 7. The first-order valence-electron chi connectivity index (χ1n) is 9.17. The Hall–Kier alpha value is -3.61. The van der Waals surface area contributed by atoms with Crippen LogP contribution in [-0.4, -0.2) is 30.1 Å². The second-order valence-electron chi connectivity index (χ2n) is 6.55. The molecule has 0 atom stereocenters. The van der Waals surface area contributed by atoms with Crippen molar-refractivity contribution < 1.29 is 14.3 Å². The van der Waals surface area contributed by atoms with Crippen molar-refractivity contribution in [2.45, 2.75) is 20.4 Å². The van der Waals surface area contributed by atoms with Crippen molar-refractivity contribution in [3.05, 3.63) is 71.2 Å². The third kappa shape index (κ3) is 5.22. The molecule has 7 nitrogen and oxygen atoms in total. The number of aromatic nitrogens is 2. The molecule has 1 amide bonds. The SMILES string of the molecule is COc1ccc(CNC(=O)c2cc(Nc3cccc(C)c3)nc(C)n2)cc1OC. The number of hydrogen-bond acceptors (Lipinski definition) is 6. The Balaban J connectivity index is 1.71. The highest BCUT2D eigenvalue weighted by Gasteiger charge is 2.12. The van der Waals surface area contributed by atoms with Gasteiger partial charge >= 0.3 is 0 Å². The summed E-state index contributed by atoms with van der Waals surface area (Å²) in [7, 11) is 3.16. The maximum absolute atomic E-state index is 12.6. The van der Waals surface area contributed by atoms with Crippen molar-refractivity contribution in [3.8, 4) is 11.5 Å². The van der Waals surface area contributed by atoms with Crippen LogP contribution in [-0.2, 0) is 6.54 Å². The van der Waals surface area contributed by atoms with E-state index in [9.17, 15) is 4.79 Å². The molecule has 0 aliphatic carbocycles. The summed E-state index contributed by atoms with van der Waals surface area (Å²) in [4.78, 5) is 21.2. The van der Waals surface area contributed by atoms with Gasteiger partial charge in [-0.2, -0.15) is 0 Å². The Morgan fingerprint density at radius 1 is 0.966 bits per heavy atom. The van der Waals surface area contributed by atoms with Gasteiger partial charge in [0.25, 0.3) is 5.91 Å². The molecule has 1 aromatic heterocycles. The predicted molar refractivity (Wildman–Crippen MR) is 112 cm³/mol. The van der Waals surface area contributed by atoms with E-state index in [1.165, 1.54) is 0 Å². The van der Waals surface area contributed by atoms with Gasteiger partial charge in [0.15, 0.2) is 11.5 Å². The predicted octanol–water partition coefficient (Wildman–Crippen LogP) is 3.78. The highest BCUT2D eigenvalue weighted by atomic mass is 16.5. The number of carbonyl (C=O) groups excluding carboxylic acids is 1. The molecule has 2 N–H and O–H groups in total. The van der Waals surface area contributed by atoms with Crippen LogP contribution in [0.15, 0.2) is 48.5 Å². The summed E-state index contributed by atoms with van der Waals surface area (Å²) in [6, 6.07) is 15.1. The van der Waals surface area contributed by atoms with Crippen LogP contribution in [0.1, 0.15) is 27.4 Å². The zero-order valence-corrected chi connectivity index (χ0v) is 16.9. The smallest absolute Gasteiger partial charge is 0.270 e. The van der Waals surface area contributed by atoms with Crippen molar-refractivity contribution in [2.24, 2.45) is 0 Å². The molecule has 3 rings (SSSR count). The first-order chi connectivity index (χ1) is 14.0. The lowest BCUT2D eigenvalue weighted by Gasteiger charge is -2.11. The molecule has 2 aromatic carbocycles. The van der Waals surface area contributed by atoms with Crippen molar-refractivity contribution in [1.82, 2.24) is 15.3 Å². The average Bonchev–Trinajstić information content (AvgIpc) is 2.71. The highest BCUT2D eigenvalue weighted by Crippen LogP contribution is 2.27. The molecule has 0 aliphatic rings. The van der Waals surface area contributed by atoms with Gasteiger partial charge in [-0.05, 0) is 49.2 Å². The number of benzene rings is 2. The summed E-state index contributed by atoms with van der Waals surface area (Å²) in [5.74, 6) is 2.05.